The van der Waals surface area contributed by atoms with Gasteiger partial charge in [-0.25, -0.2) is 0 Å². The maximum absolute atomic E-state index is 10.1. The lowest BCUT2D eigenvalue weighted by atomic mass is 10.2. The molecule has 0 amide bonds. The predicted octanol–water partition coefficient (Wildman–Crippen LogP) is 1.36. The van der Waals surface area contributed by atoms with Crippen LogP contribution in [0.2, 0.25) is 0 Å². The smallest absolute Gasteiger partial charge is 0.209 e. The Bertz CT molecular complexity index is 307. The molecule has 0 saturated heterocycles. The third-order valence-electron chi connectivity index (χ3n) is 1.80. The molecule has 1 aromatic rings. The normalized spacial score (nSPS) is 10.8. The van der Waals surface area contributed by atoms with Gasteiger partial charge in [0, 0.05) is 17.7 Å². The maximum atomic E-state index is 10.1. The number of hydrogen-bond acceptors (Lipinski definition) is 3. The SMILES string of the molecule is CC(C)Cn1ccc(CC[N+](=O)[O-])n1. The Morgan fingerprint density at radius 1 is 1.64 bits per heavy atom. The van der Waals surface area contributed by atoms with E-state index in [0.717, 1.165) is 12.2 Å². The van der Waals surface area contributed by atoms with E-state index in [9.17, 15) is 10.1 Å². The van der Waals surface area contributed by atoms with Crippen molar-refractivity contribution >= 4 is 0 Å². The van der Waals surface area contributed by atoms with E-state index in [0.29, 0.717) is 12.3 Å². The summed E-state index contributed by atoms with van der Waals surface area (Å²) in [5.74, 6) is 0.540. The van der Waals surface area contributed by atoms with Crippen molar-refractivity contribution in [3.05, 3.63) is 28.1 Å². The van der Waals surface area contributed by atoms with E-state index >= 15 is 0 Å². The van der Waals surface area contributed by atoms with E-state index in [-0.39, 0.29) is 11.5 Å². The highest BCUT2D eigenvalue weighted by Gasteiger charge is 2.04. The molecule has 1 aromatic heterocycles. The van der Waals surface area contributed by atoms with Crippen LogP contribution in [0.25, 0.3) is 0 Å². The average molecular weight is 197 g/mol. The Morgan fingerprint density at radius 3 is 2.93 bits per heavy atom. The van der Waals surface area contributed by atoms with E-state index in [1.807, 2.05) is 16.9 Å². The zero-order chi connectivity index (χ0) is 10.6. The molecule has 0 bridgehead atoms. The minimum absolute atomic E-state index is 0.0430. The number of rotatable bonds is 5. The molecule has 14 heavy (non-hydrogen) atoms. The largest absolute Gasteiger partial charge is 0.272 e. The van der Waals surface area contributed by atoms with Gasteiger partial charge in [-0.3, -0.25) is 14.8 Å². The molecule has 5 nitrogen and oxygen atoms in total. The third-order valence-corrected chi connectivity index (χ3v) is 1.80. The van der Waals surface area contributed by atoms with Crippen molar-refractivity contribution in [1.82, 2.24) is 9.78 Å². The maximum Gasteiger partial charge on any atom is 0.209 e. The first-order valence-electron chi connectivity index (χ1n) is 4.72. The van der Waals surface area contributed by atoms with Crippen molar-refractivity contribution in [2.75, 3.05) is 6.54 Å². The Hall–Kier alpha value is -1.39. The van der Waals surface area contributed by atoms with Gasteiger partial charge in [0.05, 0.1) is 12.1 Å². The number of nitro groups is 1. The van der Waals surface area contributed by atoms with Gasteiger partial charge in [0.15, 0.2) is 0 Å². The second-order valence-electron chi connectivity index (χ2n) is 3.73. The van der Waals surface area contributed by atoms with Crippen LogP contribution < -0.4 is 0 Å². The molecule has 0 atom stereocenters. The molecule has 0 aromatic carbocycles. The predicted molar refractivity (Wildman–Crippen MR) is 52.6 cm³/mol. The Morgan fingerprint density at radius 2 is 2.36 bits per heavy atom. The molecular weight excluding hydrogens is 182 g/mol. The van der Waals surface area contributed by atoms with Gasteiger partial charge >= 0.3 is 0 Å². The van der Waals surface area contributed by atoms with Crippen molar-refractivity contribution < 1.29 is 4.92 Å². The quantitative estimate of drug-likeness (QED) is 0.529. The summed E-state index contributed by atoms with van der Waals surface area (Å²) in [5.41, 5.74) is 0.794. The first-order chi connectivity index (χ1) is 6.58. The van der Waals surface area contributed by atoms with Gasteiger partial charge in [0.2, 0.25) is 6.54 Å². The first kappa shape index (κ1) is 10.7. The van der Waals surface area contributed by atoms with Crippen LogP contribution in [0.4, 0.5) is 0 Å². The molecule has 0 unspecified atom stereocenters. The van der Waals surface area contributed by atoms with E-state index in [2.05, 4.69) is 18.9 Å². The van der Waals surface area contributed by atoms with Crippen LogP contribution in [0.5, 0.6) is 0 Å². The average Bonchev–Trinajstić information content (AvgIpc) is 2.47. The summed E-state index contributed by atoms with van der Waals surface area (Å²) in [6.45, 7) is 5.04. The fourth-order valence-corrected chi connectivity index (χ4v) is 1.22. The van der Waals surface area contributed by atoms with Gasteiger partial charge in [0.25, 0.3) is 0 Å². The molecule has 1 rings (SSSR count). The highest BCUT2D eigenvalue weighted by atomic mass is 16.6. The van der Waals surface area contributed by atoms with Gasteiger partial charge in [-0.2, -0.15) is 5.10 Å². The minimum atomic E-state index is -0.318. The third kappa shape index (κ3) is 3.55. The van der Waals surface area contributed by atoms with Crippen molar-refractivity contribution in [3.63, 3.8) is 0 Å². The second kappa shape index (κ2) is 4.74. The van der Waals surface area contributed by atoms with Gasteiger partial charge in [-0.1, -0.05) is 13.8 Å². The highest BCUT2D eigenvalue weighted by Crippen LogP contribution is 2.01. The monoisotopic (exact) mass is 197 g/mol. The number of nitrogens with zero attached hydrogens (tertiary/aromatic N) is 3. The van der Waals surface area contributed by atoms with Crippen LogP contribution in [0, 0.1) is 16.0 Å². The van der Waals surface area contributed by atoms with Gasteiger partial charge in [0.1, 0.15) is 0 Å². The molecule has 0 aliphatic rings. The first-order valence-corrected chi connectivity index (χ1v) is 4.72. The van der Waals surface area contributed by atoms with Crippen molar-refractivity contribution in [1.29, 1.82) is 0 Å². The second-order valence-corrected chi connectivity index (χ2v) is 3.73. The standard InChI is InChI=1S/C9H15N3O2/c1-8(2)7-11-5-3-9(10-11)4-6-12(13)14/h3,5,8H,4,6-7H2,1-2H3. The lowest BCUT2D eigenvalue weighted by Gasteiger charge is -2.03. The summed E-state index contributed by atoms with van der Waals surface area (Å²) in [7, 11) is 0. The fourth-order valence-electron chi connectivity index (χ4n) is 1.22. The van der Waals surface area contributed by atoms with Crippen LogP contribution in [-0.4, -0.2) is 21.2 Å². The molecule has 0 fully saturated rings. The fraction of sp³-hybridized carbons (Fsp3) is 0.667. The lowest BCUT2D eigenvalue weighted by Crippen LogP contribution is -2.07. The molecule has 0 spiro atoms. The summed E-state index contributed by atoms with van der Waals surface area (Å²) in [5, 5.41) is 14.4. The Balaban J connectivity index is 2.46. The zero-order valence-electron chi connectivity index (χ0n) is 8.51. The van der Waals surface area contributed by atoms with Crippen molar-refractivity contribution in [2.45, 2.75) is 26.8 Å². The molecule has 78 valence electrons. The summed E-state index contributed by atoms with van der Waals surface area (Å²) < 4.78 is 1.83. The molecule has 5 heteroatoms. The van der Waals surface area contributed by atoms with E-state index in [4.69, 9.17) is 0 Å². The molecule has 0 N–H and O–H groups in total. The Kier molecular flexibility index (Phi) is 3.62. The van der Waals surface area contributed by atoms with E-state index in [1.54, 1.807) is 0 Å². The molecule has 1 heterocycles. The topological polar surface area (TPSA) is 61.0 Å². The highest BCUT2D eigenvalue weighted by molar-refractivity contribution is 4.98. The van der Waals surface area contributed by atoms with Gasteiger partial charge in [-0.05, 0) is 12.0 Å². The van der Waals surface area contributed by atoms with Crippen LogP contribution in [-0.2, 0) is 13.0 Å². The molecular formula is C9H15N3O2. The van der Waals surface area contributed by atoms with E-state index in [1.165, 1.54) is 0 Å². The molecule has 0 radical (unpaired) electrons. The summed E-state index contributed by atoms with van der Waals surface area (Å²) in [6, 6.07) is 1.84. The molecule has 0 saturated carbocycles. The van der Waals surface area contributed by atoms with Crippen molar-refractivity contribution in [2.24, 2.45) is 5.92 Å². The zero-order valence-corrected chi connectivity index (χ0v) is 8.51. The van der Waals surface area contributed by atoms with Crippen molar-refractivity contribution in [3.8, 4) is 0 Å². The summed E-state index contributed by atoms with van der Waals surface area (Å²) in [6.07, 6.45) is 2.29. The molecule has 0 aliphatic heterocycles. The lowest BCUT2D eigenvalue weighted by molar-refractivity contribution is -0.479. The van der Waals surface area contributed by atoms with Crippen LogP contribution in [0.3, 0.4) is 0 Å². The number of aromatic nitrogens is 2. The van der Waals surface area contributed by atoms with E-state index < -0.39 is 0 Å². The van der Waals surface area contributed by atoms with Gasteiger partial charge < -0.3 is 0 Å². The van der Waals surface area contributed by atoms with Gasteiger partial charge in [-0.15, -0.1) is 0 Å². The van der Waals surface area contributed by atoms with Crippen LogP contribution in [0.15, 0.2) is 12.3 Å². The van der Waals surface area contributed by atoms with Crippen LogP contribution >= 0.6 is 0 Å². The van der Waals surface area contributed by atoms with Crippen LogP contribution in [0.1, 0.15) is 19.5 Å². The minimum Gasteiger partial charge on any atom is -0.272 e. The Labute approximate surface area is 82.9 Å². The number of hydrogen-bond donors (Lipinski definition) is 0. The molecule has 0 aliphatic carbocycles. The summed E-state index contributed by atoms with van der Waals surface area (Å²) >= 11 is 0. The summed E-state index contributed by atoms with van der Waals surface area (Å²) in [4.78, 5) is 9.81.